The van der Waals surface area contributed by atoms with Crippen molar-refractivity contribution in [2.24, 2.45) is 0 Å². The van der Waals surface area contributed by atoms with Gasteiger partial charge in [-0.3, -0.25) is 4.98 Å². The standard InChI is InChI=1S/C13H14N4O2/c1-2-9-4-3-7-14-11(9)8-15-12-6-5-10(13(18)19)16-17-12/h3-7H,2,8H2,1H3,(H,15,17)(H,18,19). The highest BCUT2D eigenvalue weighted by Crippen LogP contribution is 2.09. The number of aryl methyl sites for hydroxylation is 1. The van der Waals surface area contributed by atoms with Crippen molar-refractivity contribution in [2.45, 2.75) is 19.9 Å². The molecule has 0 saturated carbocycles. The molecule has 2 aromatic heterocycles. The van der Waals surface area contributed by atoms with Gasteiger partial charge in [0.05, 0.1) is 12.2 Å². The second kappa shape index (κ2) is 5.90. The van der Waals surface area contributed by atoms with E-state index in [2.05, 4.69) is 27.4 Å². The predicted molar refractivity (Wildman–Crippen MR) is 69.9 cm³/mol. The highest BCUT2D eigenvalue weighted by Gasteiger charge is 2.06. The van der Waals surface area contributed by atoms with Gasteiger partial charge in [-0.15, -0.1) is 10.2 Å². The Kier molecular flexibility index (Phi) is 4.02. The molecule has 0 atom stereocenters. The summed E-state index contributed by atoms with van der Waals surface area (Å²) in [4.78, 5) is 14.9. The minimum absolute atomic E-state index is 0.0716. The zero-order valence-corrected chi connectivity index (χ0v) is 10.5. The number of pyridine rings is 1. The van der Waals surface area contributed by atoms with Crippen LogP contribution in [0.2, 0.25) is 0 Å². The van der Waals surface area contributed by atoms with Gasteiger partial charge in [0.2, 0.25) is 0 Å². The fourth-order valence-corrected chi connectivity index (χ4v) is 1.67. The number of hydrogen-bond acceptors (Lipinski definition) is 5. The first kappa shape index (κ1) is 12.9. The van der Waals surface area contributed by atoms with E-state index in [-0.39, 0.29) is 5.69 Å². The third-order valence-corrected chi connectivity index (χ3v) is 2.69. The van der Waals surface area contributed by atoms with Gasteiger partial charge in [0.1, 0.15) is 5.82 Å². The maximum absolute atomic E-state index is 10.6. The normalized spacial score (nSPS) is 10.2. The fraction of sp³-hybridized carbons (Fsp3) is 0.231. The van der Waals surface area contributed by atoms with Crippen LogP contribution in [0.4, 0.5) is 5.82 Å². The van der Waals surface area contributed by atoms with E-state index in [0.29, 0.717) is 12.4 Å². The van der Waals surface area contributed by atoms with E-state index in [0.717, 1.165) is 12.1 Å². The lowest BCUT2D eigenvalue weighted by atomic mass is 10.1. The van der Waals surface area contributed by atoms with Crippen molar-refractivity contribution in [1.82, 2.24) is 15.2 Å². The van der Waals surface area contributed by atoms with Gasteiger partial charge < -0.3 is 10.4 Å². The molecule has 0 aliphatic heterocycles. The Morgan fingerprint density at radius 2 is 2.16 bits per heavy atom. The van der Waals surface area contributed by atoms with Crippen LogP contribution < -0.4 is 5.32 Å². The molecule has 2 heterocycles. The van der Waals surface area contributed by atoms with Gasteiger partial charge in [0, 0.05) is 6.20 Å². The average molecular weight is 258 g/mol. The molecule has 0 fully saturated rings. The Balaban J connectivity index is 2.04. The molecule has 0 aliphatic rings. The van der Waals surface area contributed by atoms with Crippen molar-refractivity contribution in [3.63, 3.8) is 0 Å². The summed E-state index contributed by atoms with van der Waals surface area (Å²) >= 11 is 0. The number of carbonyl (C=O) groups is 1. The summed E-state index contributed by atoms with van der Waals surface area (Å²) in [7, 11) is 0. The molecule has 6 nitrogen and oxygen atoms in total. The zero-order chi connectivity index (χ0) is 13.7. The average Bonchev–Trinajstić information content (AvgIpc) is 2.45. The summed E-state index contributed by atoms with van der Waals surface area (Å²) in [6.45, 7) is 2.60. The SMILES string of the molecule is CCc1cccnc1CNc1ccc(C(=O)O)nn1. The smallest absolute Gasteiger partial charge is 0.356 e. The van der Waals surface area contributed by atoms with Crippen LogP contribution in [-0.2, 0) is 13.0 Å². The van der Waals surface area contributed by atoms with Crippen molar-refractivity contribution >= 4 is 11.8 Å². The highest BCUT2D eigenvalue weighted by atomic mass is 16.4. The molecule has 0 spiro atoms. The van der Waals surface area contributed by atoms with Crippen molar-refractivity contribution in [3.05, 3.63) is 47.4 Å². The van der Waals surface area contributed by atoms with E-state index in [1.165, 1.54) is 11.6 Å². The van der Waals surface area contributed by atoms with Crippen LogP contribution in [0.5, 0.6) is 0 Å². The van der Waals surface area contributed by atoms with E-state index in [1.54, 1.807) is 12.3 Å². The van der Waals surface area contributed by atoms with Crippen molar-refractivity contribution in [3.8, 4) is 0 Å². The quantitative estimate of drug-likeness (QED) is 0.849. The zero-order valence-electron chi connectivity index (χ0n) is 10.5. The third kappa shape index (κ3) is 3.25. The Morgan fingerprint density at radius 1 is 1.32 bits per heavy atom. The van der Waals surface area contributed by atoms with Gasteiger partial charge in [0.15, 0.2) is 5.69 Å². The maximum atomic E-state index is 10.6. The first-order chi connectivity index (χ1) is 9.20. The summed E-state index contributed by atoms with van der Waals surface area (Å²) in [5.74, 6) is -0.560. The van der Waals surface area contributed by atoms with Crippen LogP contribution in [0.15, 0.2) is 30.5 Å². The van der Waals surface area contributed by atoms with Crippen molar-refractivity contribution in [2.75, 3.05) is 5.32 Å². The molecule has 0 radical (unpaired) electrons. The molecule has 19 heavy (non-hydrogen) atoms. The lowest BCUT2D eigenvalue weighted by molar-refractivity contribution is 0.0689. The monoisotopic (exact) mass is 258 g/mol. The first-order valence-electron chi connectivity index (χ1n) is 5.94. The van der Waals surface area contributed by atoms with Crippen molar-refractivity contribution < 1.29 is 9.90 Å². The van der Waals surface area contributed by atoms with Gasteiger partial charge in [-0.25, -0.2) is 4.79 Å². The number of carboxylic acids is 1. The molecule has 0 bridgehead atoms. The minimum Gasteiger partial charge on any atom is -0.476 e. The second-order valence-corrected chi connectivity index (χ2v) is 3.93. The van der Waals surface area contributed by atoms with Crippen molar-refractivity contribution in [1.29, 1.82) is 0 Å². The molecule has 6 heteroatoms. The number of nitrogens with one attached hydrogen (secondary N) is 1. The molecule has 98 valence electrons. The Labute approximate surface area is 110 Å². The van der Waals surface area contributed by atoms with Crippen LogP contribution in [-0.4, -0.2) is 26.3 Å². The predicted octanol–water partition coefficient (Wildman–Crippen LogP) is 1.74. The molecule has 2 N–H and O–H groups in total. The second-order valence-electron chi connectivity index (χ2n) is 3.93. The summed E-state index contributed by atoms with van der Waals surface area (Å²) in [6, 6.07) is 6.94. The van der Waals surface area contributed by atoms with Crippen LogP contribution in [0.3, 0.4) is 0 Å². The number of anilines is 1. The fourth-order valence-electron chi connectivity index (χ4n) is 1.67. The molecular formula is C13H14N4O2. The first-order valence-corrected chi connectivity index (χ1v) is 5.94. The highest BCUT2D eigenvalue weighted by molar-refractivity contribution is 5.85. The van der Waals surface area contributed by atoms with Crippen LogP contribution >= 0.6 is 0 Å². The summed E-state index contributed by atoms with van der Waals surface area (Å²) < 4.78 is 0. The molecule has 0 amide bonds. The van der Waals surface area contributed by atoms with Gasteiger partial charge in [-0.05, 0) is 30.2 Å². The molecule has 0 aliphatic carbocycles. The Hall–Kier alpha value is -2.50. The lowest BCUT2D eigenvalue weighted by Gasteiger charge is -2.08. The molecule has 0 aromatic carbocycles. The van der Waals surface area contributed by atoms with Gasteiger partial charge in [0.25, 0.3) is 0 Å². The van der Waals surface area contributed by atoms with E-state index in [1.807, 2.05) is 12.1 Å². The summed E-state index contributed by atoms with van der Waals surface area (Å²) in [5, 5.41) is 19.2. The summed E-state index contributed by atoms with van der Waals surface area (Å²) in [5.41, 5.74) is 2.05. The third-order valence-electron chi connectivity index (χ3n) is 2.69. The maximum Gasteiger partial charge on any atom is 0.356 e. The number of aromatic carboxylic acids is 1. The Morgan fingerprint density at radius 3 is 2.79 bits per heavy atom. The minimum atomic E-state index is -1.09. The molecular weight excluding hydrogens is 244 g/mol. The largest absolute Gasteiger partial charge is 0.476 e. The molecule has 0 unspecified atom stereocenters. The lowest BCUT2D eigenvalue weighted by Crippen LogP contribution is -2.08. The number of rotatable bonds is 5. The molecule has 2 aromatic rings. The number of hydrogen-bond donors (Lipinski definition) is 2. The number of nitrogens with zero attached hydrogens (tertiary/aromatic N) is 3. The van der Waals surface area contributed by atoms with E-state index in [4.69, 9.17) is 5.11 Å². The van der Waals surface area contributed by atoms with Gasteiger partial charge >= 0.3 is 5.97 Å². The van der Waals surface area contributed by atoms with E-state index in [9.17, 15) is 4.79 Å². The number of carboxylic acid groups (broad SMARTS) is 1. The topological polar surface area (TPSA) is 88.0 Å². The van der Waals surface area contributed by atoms with Crippen LogP contribution in [0.1, 0.15) is 28.7 Å². The van der Waals surface area contributed by atoms with Crippen LogP contribution in [0.25, 0.3) is 0 Å². The van der Waals surface area contributed by atoms with Crippen LogP contribution in [0, 0.1) is 0 Å². The number of aromatic nitrogens is 3. The molecule has 0 saturated heterocycles. The summed E-state index contributed by atoms with van der Waals surface area (Å²) in [6.07, 6.45) is 2.66. The Bertz CT molecular complexity index is 569. The molecule has 2 rings (SSSR count). The van der Waals surface area contributed by atoms with Gasteiger partial charge in [-0.2, -0.15) is 0 Å². The van der Waals surface area contributed by atoms with E-state index >= 15 is 0 Å². The van der Waals surface area contributed by atoms with E-state index < -0.39 is 5.97 Å². The van der Waals surface area contributed by atoms with Gasteiger partial charge in [-0.1, -0.05) is 13.0 Å².